The van der Waals surface area contributed by atoms with Gasteiger partial charge in [0.2, 0.25) is 0 Å². The fraction of sp³-hybridized carbons (Fsp3) is 0.375. The normalized spacial score (nSPS) is 11.9. The zero-order valence-corrected chi connectivity index (χ0v) is 14.1. The third-order valence-electron chi connectivity index (χ3n) is 3.63. The fourth-order valence-corrected chi connectivity index (χ4v) is 3.23. The molecule has 0 atom stereocenters. The van der Waals surface area contributed by atoms with Gasteiger partial charge in [0.25, 0.3) is 0 Å². The van der Waals surface area contributed by atoms with Crippen molar-refractivity contribution in [3.8, 4) is 0 Å². The first-order valence-corrected chi connectivity index (χ1v) is 8.05. The summed E-state index contributed by atoms with van der Waals surface area (Å²) in [4.78, 5) is 9.25. The zero-order chi connectivity index (χ0) is 15.1. The van der Waals surface area contributed by atoms with Crippen molar-refractivity contribution in [2.75, 3.05) is 5.73 Å². The summed E-state index contributed by atoms with van der Waals surface area (Å²) in [6, 6.07) is 6.11. The molecular weight excluding hydrogens is 328 g/mol. The Morgan fingerprint density at radius 2 is 2.00 bits per heavy atom. The van der Waals surface area contributed by atoms with Gasteiger partial charge >= 0.3 is 0 Å². The summed E-state index contributed by atoms with van der Waals surface area (Å²) in [7, 11) is 0. The molecule has 0 saturated carbocycles. The van der Waals surface area contributed by atoms with Crippen molar-refractivity contribution in [3.63, 3.8) is 0 Å². The number of pyridine rings is 1. The SMILES string of the molecule is CCc1nc2c(N)nc3c(Br)cccc3c2n1CC(C)C. The number of benzene rings is 1. The summed E-state index contributed by atoms with van der Waals surface area (Å²) in [6.45, 7) is 7.49. The number of anilines is 1. The van der Waals surface area contributed by atoms with Gasteiger partial charge in [-0.05, 0) is 27.9 Å². The van der Waals surface area contributed by atoms with Gasteiger partial charge in [-0.1, -0.05) is 32.9 Å². The van der Waals surface area contributed by atoms with E-state index in [2.05, 4.69) is 52.3 Å². The summed E-state index contributed by atoms with van der Waals surface area (Å²) >= 11 is 3.57. The van der Waals surface area contributed by atoms with E-state index in [1.54, 1.807) is 0 Å². The van der Waals surface area contributed by atoms with Gasteiger partial charge in [-0.15, -0.1) is 0 Å². The first-order chi connectivity index (χ1) is 10.0. The number of nitrogens with zero attached hydrogens (tertiary/aromatic N) is 3. The quantitative estimate of drug-likeness (QED) is 0.774. The number of rotatable bonds is 3. The van der Waals surface area contributed by atoms with Gasteiger partial charge in [0, 0.05) is 22.8 Å². The Balaban J connectivity index is 2.48. The lowest BCUT2D eigenvalue weighted by atomic mass is 10.1. The molecule has 0 saturated heterocycles. The highest BCUT2D eigenvalue weighted by molar-refractivity contribution is 9.10. The van der Waals surface area contributed by atoms with E-state index in [0.29, 0.717) is 11.7 Å². The van der Waals surface area contributed by atoms with Crippen LogP contribution in [0.2, 0.25) is 0 Å². The van der Waals surface area contributed by atoms with E-state index in [4.69, 9.17) is 10.7 Å². The largest absolute Gasteiger partial charge is 0.382 e. The lowest BCUT2D eigenvalue weighted by molar-refractivity contribution is 0.519. The monoisotopic (exact) mass is 346 g/mol. The number of halogens is 1. The van der Waals surface area contributed by atoms with E-state index >= 15 is 0 Å². The van der Waals surface area contributed by atoms with Crippen LogP contribution in [0.25, 0.3) is 21.9 Å². The molecule has 3 rings (SSSR count). The summed E-state index contributed by atoms with van der Waals surface area (Å²) in [5, 5.41) is 1.10. The van der Waals surface area contributed by atoms with Crippen molar-refractivity contribution >= 4 is 43.7 Å². The molecule has 0 spiro atoms. The van der Waals surface area contributed by atoms with E-state index in [1.807, 2.05) is 12.1 Å². The molecule has 0 aliphatic heterocycles. The third kappa shape index (κ3) is 2.29. The molecule has 2 heterocycles. The summed E-state index contributed by atoms with van der Waals surface area (Å²) in [5.74, 6) is 2.12. The summed E-state index contributed by atoms with van der Waals surface area (Å²) in [5.41, 5.74) is 8.97. The van der Waals surface area contributed by atoms with Crippen molar-refractivity contribution in [2.45, 2.75) is 33.7 Å². The number of imidazole rings is 1. The number of fused-ring (bicyclic) bond motifs is 3. The Labute approximate surface area is 132 Å². The number of para-hydroxylation sites is 1. The molecule has 2 N–H and O–H groups in total. The first-order valence-electron chi connectivity index (χ1n) is 7.25. The molecule has 21 heavy (non-hydrogen) atoms. The molecule has 0 amide bonds. The van der Waals surface area contributed by atoms with Crippen LogP contribution < -0.4 is 5.73 Å². The minimum atomic E-state index is 0.501. The molecule has 0 unspecified atom stereocenters. The second-order valence-electron chi connectivity index (χ2n) is 5.72. The van der Waals surface area contributed by atoms with Gasteiger partial charge in [-0.25, -0.2) is 9.97 Å². The lowest BCUT2D eigenvalue weighted by Gasteiger charge is -2.12. The molecule has 5 heteroatoms. The van der Waals surface area contributed by atoms with Crippen molar-refractivity contribution in [1.29, 1.82) is 0 Å². The molecule has 2 aromatic heterocycles. The highest BCUT2D eigenvalue weighted by atomic mass is 79.9. The van der Waals surface area contributed by atoms with Gasteiger partial charge in [0.05, 0.1) is 11.0 Å². The Bertz CT molecular complexity index is 820. The highest BCUT2D eigenvalue weighted by Gasteiger charge is 2.17. The minimum absolute atomic E-state index is 0.501. The van der Waals surface area contributed by atoms with Gasteiger partial charge in [0.15, 0.2) is 5.82 Å². The van der Waals surface area contributed by atoms with Crippen molar-refractivity contribution < 1.29 is 0 Å². The van der Waals surface area contributed by atoms with Crippen LogP contribution in [0.4, 0.5) is 5.82 Å². The zero-order valence-electron chi connectivity index (χ0n) is 12.5. The fourth-order valence-electron chi connectivity index (χ4n) is 2.78. The number of hydrogen-bond acceptors (Lipinski definition) is 3. The number of hydrogen-bond donors (Lipinski definition) is 1. The number of nitrogens with two attached hydrogens (primary N) is 1. The molecule has 1 aromatic carbocycles. The minimum Gasteiger partial charge on any atom is -0.382 e. The van der Waals surface area contributed by atoms with E-state index in [0.717, 1.165) is 45.2 Å². The van der Waals surface area contributed by atoms with E-state index in [-0.39, 0.29) is 0 Å². The maximum absolute atomic E-state index is 6.15. The molecule has 4 nitrogen and oxygen atoms in total. The maximum Gasteiger partial charge on any atom is 0.152 e. The predicted octanol–water partition coefficient (Wildman–Crippen LogP) is 4.15. The molecule has 0 aliphatic rings. The molecule has 110 valence electrons. The van der Waals surface area contributed by atoms with Crippen LogP contribution in [-0.2, 0) is 13.0 Å². The maximum atomic E-state index is 6.15. The second kappa shape index (κ2) is 5.30. The molecule has 0 radical (unpaired) electrons. The van der Waals surface area contributed by atoms with E-state index < -0.39 is 0 Å². The Hall–Kier alpha value is -1.62. The standard InChI is InChI=1S/C16H19BrN4/c1-4-12-19-14-15(21(12)8-9(2)3)10-6-5-7-11(17)13(10)20-16(14)18/h5-7,9H,4,8H2,1-3H3,(H2,18,20). The average molecular weight is 347 g/mol. The Morgan fingerprint density at radius 1 is 1.24 bits per heavy atom. The van der Waals surface area contributed by atoms with Gasteiger partial charge < -0.3 is 10.3 Å². The molecule has 0 aliphatic carbocycles. The topological polar surface area (TPSA) is 56.7 Å². The van der Waals surface area contributed by atoms with Crippen LogP contribution >= 0.6 is 15.9 Å². The second-order valence-corrected chi connectivity index (χ2v) is 6.57. The third-order valence-corrected chi connectivity index (χ3v) is 4.27. The van der Waals surface area contributed by atoms with E-state index in [1.165, 1.54) is 0 Å². The van der Waals surface area contributed by atoms with Gasteiger partial charge in [-0.2, -0.15) is 0 Å². The average Bonchev–Trinajstić information content (AvgIpc) is 2.79. The van der Waals surface area contributed by atoms with Crippen LogP contribution in [0.3, 0.4) is 0 Å². The lowest BCUT2D eigenvalue weighted by Crippen LogP contribution is -2.08. The van der Waals surface area contributed by atoms with Crippen molar-refractivity contribution in [1.82, 2.24) is 14.5 Å². The van der Waals surface area contributed by atoms with Crippen LogP contribution in [0.5, 0.6) is 0 Å². The first kappa shape index (κ1) is 14.3. The van der Waals surface area contributed by atoms with Crippen LogP contribution in [-0.4, -0.2) is 14.5 Å². The van der Waals surface area contributed by atoms with Crippen molar-refractivity contribution in [3.05, 3.63) is 28.5 Å². The number of aromatic nitrogens is 3. The van der Waals surface area contributed by atoms with Gasteiger partial charge in [-0.3, -0.25) is 0 Å². The van der Waals surface area contributed by atoms with Crippen LogP contribution in [0.1, 0.15) is 26.6 Å². The smallest absolute Gasteiger partial charge is 0.152 e. The molecule has 0 bridgehead atoms. The molecule has 3 aromatic rings. The van der Waals surface area contributed by atoms with Crippen molar-refractivity contribution in [2.24, 2.45) is 5.92 Å². The molecular formula is C16H19BrN4. The summed E-state index contributed by atoms with van der Waals surface area (Å²) in [6.07, 6.45) is 0.885. The van der Waals surface area contributed by atoms with Crippen LogP contribution in [0, 0.1) is 5.92 Å². The predicted molar refractivity (Wildman–Crippen MR) is 91.4 cm³/mol. The highest BCUT2D eigenvalue weighted by Crippen LogP contribution is 2.32. The van der Waals surface area contributed by atoms with Crippen LogP contribution in [0.15, 0.2) is 22.7 Å². The number of aryl methyl sites for hydroxylation is 1. The van der Waals surface area contributed by atoms with E-state index in [9.17, 15) is 0 Å². The molecule has 0 fully saturated rings. The number of nitrogen functional groups attached to an aromatic ring is 1. The Kier molecular flexibility index (Phi) is 3.61. The summed E-state index contributed by atoms with van der Waals surface area (Å²) < 4.78 is 3.26. The van der Waals surface area contributed by atoms with Gasteiger partial charge in [0.1, 0.15) is 11.3 Å². The Morgan fingerprint density at radius 3 is 2.67 bits per heavy atom.